The molecule has 0 atom stereocenters. The maximum absolute atomic E-state index is 11.9. The van der Waals surface area contributed by atoms with Crippen molar-refractivity contribution >= 4 is 17.5 Å². The summed E-state index contributed by atoms with van der Waals surface area (Å²) in [5.41, 5.74) is 0.238. The second kappa shape index (κ2) is 6.58. The number of aliphatic hydroxyl groups is 1. The Kier molecular flexibility index (Phi) is 4.80. The summed E-state index contributed by atoms with van der Waals surface area (Å²) in [6.45, 7) is 2.66. The minimum absolute atomic E-state index is 0.0298. The van der Waals surface area contributed by atoms with E-state index in [1.807, 2.05) is 6.92 Å². The van der Waals surface area contributed by atoms with Crippen LogP contribution in [0.1, 0.15) is 19.8 Å². The number of ether oxygens (including phenoxy) is 1. The summed E-state index contributed by atoms with van der Waals surface area (Å²) < 4.78 is 5.38. The molecule has 21 heavy (non-hydrogen) atoms. The van der Waals surface area contributed by atoms with Crippen molar-refractivity contribution in [3.63, 3.8) is 0 Å². The lowest BCUT2D eigenvalue weighted by Crippen LogP contribution is -2.39. The van der Waals surface area contributed by atoms with Gasteiger partial charge in [-0.1, -0.05) is 12.1 Å². The number of rotatable bonds is 6. The van der Waals surface area contributed by atoms with Gasteiger partial charge in [0.25, 0.3) is 0 Å². The molecule has 0 saturated heterocycles. The van der Waals surface area contributed by atoms with Gasteiger partial charge in [-0.05, 0) is 31.9 Å². The van der Waals surface area contributed by atoms with E-state index in [1.54, 1.807) is 24.3 Å². The van der Waals surface area contributed by atoms with E-state index in [2.05, 4.69) is 10.6 Å². The molecule has 0 spiro atoms. The third-order valence-corrected chi connectivity index (χ3v) is 3.56. The zero-order chi connectivity index (χ0) is 15.3. The van der Waals surface area contributed by atoms with Gasteiger partial charge in [-0.2, -0.15) is 0 Å². The van der Waals surface area contributed by atoms with Crippen LogP contribution >= 0.6 is 0 Å². The van der Waals surface area contributed by atoms with E-state index in [-0.39, 0.29) is 12.0 Å². The Morgan fingerprint density at radius 2 is 2.00 bits per heavy atom. The molecule has 6 nitrogen and oxygen atoms in total. The van der Waals surface area contributed by atoms with Crippen molar-refractivity contribution in [2.24, 2.45) is 5.41 Å². The number of benzene rings is 1. The SMILES string of the molecule is CCOc1ccccc1NC(=O)C(=O)NCC1(CO)CC1. The third-order valence-electron chi connectivity index (χ3n) is 3.56. The maximum Gasteiger partial charge on any atom is 0.313 e. The van der Waals surface area contributed by atoms with Crippen LogP contribution in [0.15, 0.2) is 24.3 Å². The van der Waals surface area contributed by atoms with Gasteiger partial charge in [0.2, 0.25) is 0 Å². The summed E-state index contributed by atoms with van der Waals surface area (Å²) >= 11 is 0. The number of carbonyl (C=O) groups is 2. The molecule has 6 heteroatoms. The fourth-order valence-corrected chi connectivity index (χ4v) is 1.95. The minimum Gasteiger partial charge on any atom is -0.492 e. The Hall–Kier alpha value is -2.08. The number of carbonyl (C=O) groups excluding carboxylic acids is 2. The Bertz CT molecular complexity index is 526. The lowest BCUT2D eigenvalue weighted by molar-refractivity contribution is -0.136. The third kappa shape index (κ3) is 3.95. The second-order valence-corrected chi connectivity index (χ2v) is 5.22. The largest absolute Gasteiger partial charge is 0.492 e. The molecular weight excluding hydrogens is 272 g/mol. The highest BCUT2D eigenvalue weighted by Gasteiger charge is 2.42. The Balaban J connectivity index is 1.90. The fourth-order valence-electron chi connectivity index (χ4n) is 1.95. The summed E-state index contributed by atoms with van der Waals surface area (Å²) in [5.74, 6) is -0.924. The molecule has 1 aromatic rings. The molecule has 3 N–H and O–H groups in total. The van der Waals surface area contributed by atoms with E-state index in [1.165, 1.54) is 0 Å². The number of aliphatic hydroxyl groups excluding tert-OH is 1. The van der Waals surface area contributed by atoms with Gasteiger partial charge in [-0.15, -0.1) is 0 Å². The Morgan fingerprint density at radius 3 is 2.62 bits per heavy atom. The predicted molar refractivity (Wildman–Crippen MR) is 78.0 cm³/mol. The normalized spacial score (nSPS) is 15.1. The first-order valence-corrected chi connectivity index (χ1v) is 7.02. The van der Waals surface area contributed by atoms with Gasteiger partial charge in [0, 0.05) is 12.0 Å². The average Bonchev–Trinajstić information content (AvgIpc) is 3.27. The van der Waals surface area contributed by atoms with Crippen LogP contribution in [0.3, 0.4) is 0 Å². The van der Waals surface area contributed by atoms with E-state index in [4.69, 9.17) is 4.74 Å². The molecule has 0 aromatic heterocycles. The van der Waals surface area contributed by atoms with Gasteiger partial charge < -0.3 is 20.5 Å². The van der Waals surface area contributed by atoms with E-state index in [9.17, 15) is 14.7 Å². The molecule has 0 radical (unpaired) electrons. The zero-order valence-corrected chi connectivity index (χ0v) is 12.0. The molecule has 1 saturated carbocycles. The van der Waals surface area contributed by atoms with Crippen molar-refractivity contribution in [2.45, 2.75) is 19.8 Å². The molecule has 1 aliphatic carbocycles. The Morgan fingerprint density at radius 1 is 1.29 bits per heavy atom. The molecule has 0 bridgehead atoms. The second-order valence-electron chi connectivity index (χ2n) is 5.22. The highest BCUT2D eigenvalue weighted by atomic mass is 16.5. The molecule has 0 heterocycles. The molecule has 0 aliphatic heterocycles. The molecule has 1 fully saturated rings. The van der Waals surface area contributed by atoms with Gasteiger partial charge in [0.15, 0.2) is 0 Å². The molecule has 1 aromatic carbocycles. The van der Waals surface area contributed by atoms with Crippen LogP contribution < -0.4 is 15.4 Å². The van der Waals surface area contributed by atoms with Gasteiger partial charge >= 0.3 is 11.8 Å². The molecule has 2 amide bonds. The first kappa shape index (κ1) is 15.3. The van der Waals surface area contributed by atoms with Crippen LogP contribution in [0.5, 0.6) is 5.75 Å². The summed E-state index contributed by atoms with van der Waals surface area (Å²) in [6.07, 6.45) is 1.75. The lowest BCUT2D eigenvalue weighted by Gasteiger charge is -2.13. The van der Waals surface area contributed by atoms with E-state index in [0.717, 1.165) is 12.8 Å². The topological polar surface area (TPSA) is 87.7 Å². The zero-order valence-electron chi connectivity index (χ0n) is 12.0. The lowest BCUT2D eigenvalue weighted by atomic mass is 10.1. The molecule has 114 valence electrons. The van der Waals surface area contributed by atoms with E-state index >= 15 is 0 Å². The van der Waals surface area contributed by atoms with Crippen LogP contribution in [0.4, 0.5) is 5.69 Å². The van der Waals surface area contributed by atoms with Crippen LogP contribution in [0.2, 0.25) is 0 Å². The van der Waals surface area contributed by atoms with Crippen molar-refractivity contribution in [1.29, 1.82) is 0 Å². The summed E-state index contributed by atoms with van der Waals surface area (Å²) in [4.78, 5) is 23.6. The Labute approximate surface area is 123 Å². The first-order chi connectivity index (χ1) is 10.1. The minimum atomic E-state index is -0.740. The highest BCUT2D eigenvalue weighted by molar-refractivity contribution is 6.39. The summed E-state index contributed by atoms with van der Waals surface area (Å²) in [5, 5.41) is 14.3. The van der Waals surface area contributed by atoms with Crippen LogP contribution in [-0.2, 0) is 9.59 Å². The average molecular weight is 292 g/mol. The smallest absolute Gasteiger partial charge is 0.313 e. The molecule has 1 aliphatic rings. The molecule has 0 unspecified atom stereocenters. The van der Waals surface area contributed by atoms with Crippen molar-refractivity contribution in [3.05, 3.63) is 24.3 Å². The first-order valence-electron chi connectivity index (χ1n) is 7.02. The van der Waals surface area contributed by atoms with E-state index < -0.39 is 11.8 Å². The monoisotopic (exact) mass is 292 g/mol. The number of para-hydroxylation sites is 2. The van der Waals surface area contributed by atoms with Crippen molar-refractivity contribution in [2.75, 3.05) is 25.1 Å². The molecular formula is C15H20N2O4. The van der Waals surface area contributed by atoms with Crippen molar-refractivity contribution in [1.82, 2.24) is 5.32 Å². The highest BCUT2D eigenvalue weighted by Crippen LogP contribution is 2.44. The summed E-state index contributed by atoms with van der Waals surface area (Å²) in [6, 6.07) is 6.94. The van der Waals surface area contributed by atoms with Crippen LogP contribution in [0.25, 0.3) is 0 Å². The number of hydrogen-bond acceptors (Lipinski definition) is 4. The molecule has 2 rings (SSSR count). The maximum atomic E-state index is 11.9. The van der Waals surface area contributed by atoms with Gasteiger partial charge in [-0.3, -0.25) is 9.59 Å². The van der Waals surface area contributed by atoms with E-state index in [0.29, 0.717) is 24.6 Å². The summed E-state index contributed by atoms with van der Waals surface area (Å²) in [7, 11) is 0. The van der Waals surface area contributed by atoms with Crippen molar-refractivity contribution in [3.8, 4) is 5.75 Å². The predicted octanol–water partition coefficient (Wildman–Crippen LogP) is 0.912. The standard InChI is InChI=1S/C15H20N2O4/c1-2-21-12-6-4-3-5-11(12)17-14(20)13(19)16-9-15(10-18)7-8-15/h3-6,18H,2,7-10H2,1H3,(H,16,19)(H,17,20). The number of hydrogen-bond donors (Lipinski definition) is 3. The van der Waals surface area contributed by atoms with Crippen molar-refractivity contribution < 1.29 is 19.4 Å². The van der Waals surface area contributed by atoms with Gasteiger partial charge in [0.05, 0.1) is 18.9 Å². The van der Waals surface area contributed by atoms with Gasteiger partial charge in [-0.25, -0.2) is 0 Å². The number of anilines is 1. The number of nitrogens with one attached hydrogen (secondary N) is 2. The quantitative estimate of drug-likeness (QED) is 0.680. The van der Waals surface area contributed by atoms with Crippen LogP contribution in [0, 0.1) is 5.41 Å². The fraction of sp³-hybridized carbons (Fsp3) is 0.467. The number of amides is 2. The van der Waals surface area contributed by atoms with Crippen LogP contribution in [-0.4, -0.2) is 36.7 Å². The van der Waals surface area contributed by atoms with Gasteiger partial charge in [0.1, 0.15) is 5.75 Å².